The van der Waals surface area contributed by atoms with Crippen LogP contribution in [0.4, 0.5) is 13.2 Å². The van der Waals surface area contributed by atoms with Gasteiger partial charge in [-0.15, -0.1) is 0 Å². The zero-order chi connectivity index (χ0) is 29.5. The molecule has 220 valence electrons. The molecular weight excluding hydrogens is 533 g/mol. The summed E-state index contributed by atoms with van der Waals surface area (Å²) in [6.45, 7) is 3.60. The van der Waals surface area contributed by atoms with E-state index < -0.39 is 11.6 Å². The molecule has 0 bridgehead atoms. The highest BCUT2D eigenvalue weighted by Crippen LogP contribution is 2.42. The molecule has 2 nitrogen and oxygen atoms in total. The molecule has 2 aliphatic rings. The maximum atomic E-state index is 15.3. The molecule has 0 saturated heterocycles. The fourth-order valence-corrected chi connectivity index (χ4v) is 6.69. The van der Waals surface area contributed by atoms with E-state index in [2.05, 4.69) is 12.7 Å². The molecule has 0 aromatic heterocycles. The van der Waals surface area contributed by atoms with Crippen molar-refractivity contribution in [3.63, 3.8) is 0 Å². The van der Waals surface area contributed by atoms with Crippen LogP contribution in [0, 0.1) is 35.2 Å². The van der Waals surface area contributed by atoms with Crippen LogP contribution in [0.3, 0.4) is 0 Å². The minimum Gasteiger partial charge on any atom is -0.516 e. The van der Waals surface area contributed by atoms with Crippen LogP contribution in [-0.4, -0.2) is 11.7 Å². The molecule has 0 heterocycles. The summed E-state index contributed by atoms with van der Waals surface area (Å²) in [6.07, 6.45) is 17.0. The zero-order valence-electron chi connectivity index (χ0n) is 24.0. The molecule has 0 amide bonds. The first-order valence-corrected chi connectivity index (χ1v) is 15.1. The SMILES string of the molecule is C=CCOc1ccc(-c2ccc(-c3ccc(C4=CCC(C5CCC(CC/C=C/O)CC5)CC4)c(F)c3)cc2)c(F)c1F. The van der Waals surface area contributed by atoms with Crippen molar-refractivity contribution < 1.29 is 23.0 Å². The van der Waals surface area contributed by atoms with Gasteiger partial charge in [-0.05, 0) is 103 Å². The normalized spacial score (nSPS) is 20.8. The van der Waals surface area contributed by atoms with Crippen molar-refractivity contribution in [1.29, 1.82) is 0 Å². The van der Waals surface area contributed by atoms with Gasteiger partial charge in [0.15, 0.2) is 11.6 Å². The second-order valence-electron chi connectivity index (χ2n) is 11.6. The minimum absolute atomic E-state index is 0.0879. The summed E-state index contributed by atoms with van der Waals surface area (Å²) in [5, 5.41) is 8.84. The predicted molar refractivity (Wildman–Crippen MR) is 165 cm³/mol. The highest BCUT2D eigenvalue weighted by atomic mass is 19.2. The van der Waals surface area contributed by atoms with Crippen LogP contribution in [0.2, 0.25) is 0 Å². The van der Waals surface area contributed by atoms with Crippen molar-refractivity contribution in [3.05, 3.63) is 109 Å². The maximum absolute atomic E-state index is 15.3. The van der Waals surface area contributed by atoms with Crippen LogP contribution in [-0.2, 0) is 0 Å². The van der Waals surface area contributed by atoms with E-state index in [9.17, 15) is 8.78 Å². The molecule has 5 heteroatoms. The first-order chi connectivity index (χ1) is 20.5. The van der Waals surface area contributed by atoms with Crippen LogP contribution in [0.15, 0.2) is 85.7 Å². The van der Waals surface area contributed by atoms with Gasteiger partial charge in [0.05, 0.1) is 6.26 Å². The van der Waals surface area contributed by atoms with Gasteiger partial charge in [0.25, 0.3) is 0 Å². The van der Waals surface area contributed by atoms with Crippen molar-refractivity contribution in [2.45, 2.75) is 57.8 Å². The molecule has 1 atom stereocenters. The predicted octanol–water partition coefficient (Wildman–Crippen LogP) is 10.8. The number of allylic oxidation sites excluding steroid dienone is 3. The fourth-order valence-electron chi connectivity index (χ4n) is 6.69. The standard InChI is InChI=1S/C37H39F3O2/c1-2-23-42-35-21-20-33(36(39)37(35)40)30-16-12-28(13-17-30)31-18-19-32(34(38)24-31)29-14-10-27(11-15-29)26-8-6-25(7-9-26)5-3-4-22-41/h2,4,12-14,16-22,24-27,41H,1,3,5-11,15,23H2/b22-4+. The Kier molecular flexibility index (Phi) is 9.89. The lowest BCUT2D eigenvalue weighted by Crippen LogP contribution is -2.23. The number of hydrogen-bond donors (Lipinski definition) is 1. The lowest BCUT2D eigenvalue weighted by Gasteiger charge is -2.35. The number of ether oxygens (including phenoxy) is 1. The van der Waals surface area contributed by atoms with Crippen molar-refractivity contribution in [3.8, 4) is 28.0 Å². The van der Waals surface area contributed by atoms with Gasteiger partial charge in [0.1, 0.15) is 12.4 Å². The quantitative estimate of drug-likeness (QED) is 0.193. The second-order valence-corrected chi connectivity index (χ2v) is 11.6. The summed E-state index contributed by atoms with van der Waals surface area (Å²) in [5.74, 6) is -0.176. The maximum Gasteiger partial charge on any atom is 0.201 e. The molecule has 0 radical (unpaired) electrons. The Balaban J connectivity index is 1.21. The van der Waals surface area contributed by atoms with Gasteiger partial charge in [0.2, 0.25) is 5.82 Å². The van der Waals surface area contributed by atoms with Crippen molar-refractivity contribution in [2.75, 3.05) is 6.61 Å². The van der Waals surface area contributed by atoms with E-state index in [1.165, 1.54) is 43.9 Å². The monoisotopic (exact) mass is 572 g/mol. The minimum atomic E-state index is -1.03. The number of halogens is 3. The Morgan fingerprint density at radius 1 is 0.810 bits per heavy atom. The van der Waals surface area contributed by atoms with Crippen LogP contribution >= 0.6 is 0 Å². The Morgan fingerprint density at radius 2 is 1.52 bits per heavy atom. The lowest BCUT2D eigenvalue weighted by molar-refractivity contribution is 0.190. The molecule has 5 rings (SSSR count). The van der Waals surface area contributed by atoms with Gasteiger partial charge in [-0.2, -0.15) is 4.39 Å². The molecule has 0 aliphatic heterocycles. The van der Waals surface area contributed by atoms with Crippen LogP contribution < -0.4 is 4.74 Å². The third kappa shape index (κ3) is 6.83. The molecular formula is C37H39F3O2. The van der Waals surface area contributed by atoms with E-state index in [-0.39, 0.29) is 23.7 Å². The third-order valence-electron chi connectivity index (χ3n) is 9.10. The van der Waals surface area contributed by atoms with Gasteiger partial charge >= 0.3 is 0 Å². The molecule has 1 saturated carbocycles. The van der Waals surface area contributed by atoms with E-state index in [0.717, 1.165) is 66.9 Å². The number of benzene rings is 3. The van der Waals surface area contributed by atoms with Gasteiger partial charge in [-0.25, -0.2) is 8.78 Å². The topological polar surface area (TPSA) is 29.5 Å². The number of rotatable bonds is 10. The summed E-state index contributed by atoms with van der Waals surface area (Å²) in [7, 11) is 0. The summed E-state index contributed by atoms with van der Waals surface area (Å²) < 4.78 is 49.7. The van der Waals surface area contributed by atoms with E-state index >= 15 is 4.39 Å². The summed E-state index contributed by atoms with van der Waals surface area (Å²) in [6, 6.07) is 15.3. The Labute approximate surface area is 247 Å². The Bertz CT molecular complexity index is 1430. The molecule has 3 aromatic carbocycles. The number of hydrogen-bond acceptors (Lipinski definition) is 2. The average Bonchev–Trinajstić information content (AvgIpc) is 3.02. The summed E-state index contributed by atoms with van der Waals surface area (Å²) in [4.78, 5) is 0. The van der Waals surface area contributed by atoms with Crippen molar-refractivity contribution >= 4 is 5.57 Å². The molecule has 1 unspecified atom stereocenters. The van der Waals surface area contributed by atoms with Gasteiger partial charge in [-0.3, -0.25) is 0 Å². The zero-order valence-corrected chi connectivity index (χ0v) is 24.0. The second kappa shape index (κ2) is 14.0. The molecule has 1 fully saturated rings. The molecule has 3 aromatic rings. The summed E-state index contributed by atoms with van der Waals surface area (Å²) >= 11 is 0. The first kappa shape index (κ1) is 29.8. The van der Waals surface area contributed by atoms with Gasteiger partial charge in [-0.1, -0.05) is 74.0 Å². The largest absolute Gasteiger partial charge is 0.516 e. The van der Waals surface area contributed by atoms with Gasteiger partial charge < -0.3 is 9.84 Å². The van der Waals surface area contributed by atoms with E-state index in [1.807, 2.05) is 18.2 Å². The van der Waals surface area contributed by atoms with Crippen LogP contribution in [0.5, 0.6) is 5.75 Å². The Morgan fingerprint density at radius 3 is 2.19 bits per heavy atom. The average molecular weight is 573 g/mol. The summed E-state index contributed by atoms with van der Waals surface area (Å²) in [5.41, 5.74) is 3.97. The molecule has 42 heavy (non-hydrogen) atoms. The van der Waals surface area contributed by atoms with E-state index in [4.69, 9.17) is 9.84 Å². The highest BCUT2D eigenvalue weighted by Gasteiger charge is 2.29. The Hall–Kier alpha value is -3.73. The molecule has 1 N–H and O–H groups in total. The smallest absolute Gasteiger partial charge is 0.201 e. The first-order valence-electron chi connectivity index (χ1n) is 15.1. The van der Waals surface area contributed by atoms with Crippen molar-refractivity contribution in [1.82, 2.24) is 0 Å². The van der Waals surface area contributed by atoms with E-state index in [1.54, 1.807) is 30.3 Å². The van der Waals surface area contributed by atoms with E-state index in [0.29, 0.717) is 17.0 Å². The number of aliphatic hydroxyl groups is 1. The molecule has 0 spiro atoms. The lowest BCUT2D eigenvalue weighted by atomic mass is 9.70. The van der Waals surface area contributed by atoms with Crippen molar-refractivity contribution in [2.24, 2.45) is 17.8 Å². The number of aliphatic hydroxyl groups excluding tert-OH is 1. The van der Waals surface area contributed by atoms with Crippen LogP contribution in [0.1, 0.15) is 63.4 Å². The highest BCUT2D eigenvalue weighted by molar-refractivity contribution is 5.74. The fraction of sp³-hybridized carbons (Fsp3) is 0.351. The van der Waals surface area contributed by atoms with Gasteiger partial charge in [0, 0.05) is 11.1 Å². The molecule has 2 aliphatic carbocycles. The third-order valence-corrected chi connectivity index (χ3v) is 9.10. The van der Waals surface area contributed by atoms with Crippen LogP contribution in [0.25, 0.3) is 27.8 Å².